The molecule has 2 rings (SSSR count). The molecular formula is C15H13FN2O3. The summed E-state index contributed by atoms with van der Waals surface area (Å²) < 4.78 is 12.7. The molecule has 2 N–H and O–H groups in total. The fraction of sp³-hybridized carbons (Fsp3) is 0.133. The summed E-state index contributed by atoms with van der Waals surface area (Å²) in [5.41, 5.74) is 0.763. The molecule has 1 heterocycles. The molecule has 5 nitrogen and oxygen atoms in total. The third-order valence-corrected chi connectivity index (χ3v) is 2.81. The van der Waals surface area contributed by atoms with E-state index in [-0.39, 0.29) is 17.2 Å². The predicted molar refractivity (Wildman–Crippen MR) is 73.6 cm³/mol. The molecule has 0 saturated carbocycles. The van der Waals surface area contributed by atoms with E-state index >= 15 is 0 Å². The van der Waals surface area contributed by atoms with Crippen LogP contribution >= 0.6 is 0 Å². The number of carbonyl (C=O) groups is 2. The topological polar surface area (TPSA) is 79.3 Å². The van der Waals surface area contributed by atoms with Gasteiger partial charge in [0.15, 0.2) is 0 Å². The minimum Gasteiger partial charge on any atom is -0.477 e. The van der Waals surface area contributed by atoms with Gasteiger partial charge in [-0.2, -0.15) is 0 Å². The van der Waals surface area contributed by atoms with E-state index in [1.807, 2.05) is 0 Å². The Morgan fingerprint density at radius 2 is 1.76 bits per heavy atom. The molecule has 0 spiro atoms. The number of aromatic carboxylic acids is 1. The van der Waals surface area contributed by atoms with Gasteiger partial charge in [-0.1, -0.05) is 18.2 Å². The highest BCUT2D eigenvalue weighted by atomic mass is 19.1. The number of amides is 1. The van der Waals surface area contributed by atoms with Gasteiger partial charge >= 0.3 is 5.97 Å². The van der Waals surface area contributed by atoms with Gasteiger partial charge in [-0.25, -0.2) is 14.2 Å². The van der Waals surface area contributed by atoms with Gasteiger partial charge in [0.25, 0.3) is 5.91 Å². The van der Waals surface area contributed by atoms with Crippen LogP contribution in [0.1, 0.15) is 26.5 Å². The largest absolute Gasteiger partial charge is 0.477 e. The molecule has 0 aliphatic heterocycles. The Morgan fingerprint density at radius 3 is 2.43 bits per heavy atom. The molecule has 2 aromatic rings. The first-order chi connectivity index (χ1) is 10.1. The van der Waals surface area contributed by atoms with E-state index in [2.05, 4.69) is 10.3 Å². The Morgan fingerprint density at radius 1 is 1.10 bits per heavy atom. The lowest BCUT2D eigenvalue weighted by Crippen LogP contribution is -2.27. The van der Waals surface area contributed by atoms with Crippen molar-refractivity contribution in [2.24, 2.45) is 0 Å². The predicted octanol–water partition coefficient (Wildman–Crippen LogP) is 1.89. The van der Waals surface area contributed by atoms with Gasteiger partial charge in [0, 0.05) is 6.54 Å². The third-order valence-electron chi connectivity index (χ3n) is 2.81. The molecule has 0 unspecified atom stereocenters. The smallest absolute Gasteiger partial charge is 0.354 e. The Hall–Kier alpha value is -2.76. The number of pyridine rings is 1. The van der Waals surface area contributed by atoms with E-state index in [1.165, 1.54) is 30.3 Å². The summed E-state index contributed by atoms with van der Waals surface area (Å²) in [5, 5.41) is 11.5. The van der Waals surface area contributed by atoms with Crippen molar-refractivity contribution in [3.63, 3.8) is 0 Å². The van der Waals surface area contributed by atoms with Gasteiger partial charge in [-0.05, 0) is 36.2 Å². The van der Waals surface area contributed by atoms with Gasteiger partial charge in [-0.3, -0.25) is 4.79 Å². The van der Waals surface area contributed by atoms with E-state index in [9.17, 15) is 14.0 Å². The van der Waals surface area contributed by atoms with Gasteiger partial charge in [0.05, 0.1) is 0 Å². The molecule has 0 atom stereocenters. The first kappa shape index (κ1) is 14.6. The van der Waals surface area contributed by atoms with Crippen molar-refractivity contribution in [1.82, 2.24) is 10.3 Å². The summed E-state index contributed by atoms with van der Waals surface area (Å²) >= 11 is 0. The minimum absolute atomic E-state index is 0.0500. The summed E-state index contributed by atoms with van der Waals surface area (Å²) in [4.78, 5) is 26.4. The van der Waals surface area contributed by atoms with E-state index in [0.717, 1.165) is 5.56 Å². The van der Waals surface area contributed by atoms with Crippen molar-refractivity contribution in [3.8, 4) is 0 Å². The molecule has 0 radical (unpaired) electrons. The highest BCUT2D eigenvalue weighted by Gasteiger charge is 2.10. The number of benzene rings is 1. The van der Waals surface area contributed by atoms with Crippen LogP contribution in [0.2, 0.25) is 0 Å². The van der Waals surface area contributed by atoms with E-state index in [1.54, 1.807) is 12.1 Å². The zero-order chi connectivity index (χ0) is 15.2. The molecule has 0 fully saturated rings. The van der Waals surface area contributed by atoms with E-state index in [0.29, 0.717) is 13.0 Å². The van der Waals surface area contributed by atoms with Crippen molar-refractivity contribution in [2.75, 3.05) is 6.54 Å². The van der Waals surface area contributed by atoms with Gasteiger partial charge in [0.1, 0.15) is 17.2 Å². The van der Waals surface area contributed by atoms with Crippen molar-refractivity contribution >= 4 is 11.9 Å². The summed E-state index contributed by atoms with van der Waals surface area (Å²) in [6.07, 6.45) is 0.546. The normalized spacial score (nSPS) is 10.1. The fourth-order valence-corrected chi connectivity index (χ4v) is 1.74. The number of carbonyl (C=O) groups excluding carboxylic acids is 1. The zero-order valence-corrected chi connectivity index (χ0v) is 11.0. The molecule has 0 aliphatic carbocycles. The molecule has 0 saturated heterocycles. The van der Waals surface area contributed by atoms with Crippen LogP contribution in [-0.4, -0.2) is 28.5 Å². The summed E-state index contributed by atoms with van der Waals surface area (Å²) in [6, 6.07) is 10.2. The Bertz CT molecular complexity index is 656. The molecular weight excluding hydrogens is 275 g/mol. The molecule has 21 heavy (non-hydrogen) atoms. The van der Waals surface area contributed by atoms with Gasteiger partial charge < -0.3 is 10.4 Å². The lowest BCUT2D eigenvalue weighted by Gasteiger charge is -2.05. The second-order valence-electron chi connectivity index (χ2n) is 4.35. The van der Waals surface area contributed by atoms with Crippen molar-refractivity contribution in [2.45, 2.75) is 6.42 Å². The van der Waals surface area contributed by atoms with Crippen molar-refractivity contribution in [3.05, 3.63) is 65.2 Å². The number of halogens is 1. The second kappa shape index (κ2) is 6.60. The quantitative estimate of drug-likeness (QED) is 0.880. The van der Waals surface area contributed by atoms with Crippen LogP contribution in [-0.2, 0) is 6.42 Å². The van der Waals surface area contributed by atoms with Gasteiger partial charge in [0.2, 0.25) is 0 Å². The van der Waals surface area contributed by atoms with Crippen LogP contribution in [0.3, 0.4) is 0 Å². The Kier molecular flexibility index (Phi) is 4.61. The number of hydrogen-bond acceptors (Lipinski definition) is 3. The average molecular weight is 288 g/mol. The van der Waals surface area contributed by atoms with Crippen LogP contribution in [0.4, 0.5) is 4.39 Å². The highest BCUT2D eigenvalue weighted by Crippen LogP contribution is 2.03. The minimum atomic E-state index is -1.18. The number of aromatic nitrogens is 1. The molecule has 1 amide bonds. The first-order valence-corrected chi connectivity index (χ1v) is 6.29. The lowest BCUT2D eigenvalue weighted by atomic mass is 10.1. The van der Waals surface area contributed by atoms with Gasteiger partial charge in [-0.15, -0.1) is 0 Å². The van der Waals surface area contributed by atoms with Crippen LogP contribution in [0.25, 0.3) is 0 Å². The van der Waals surface area contributed by atoms with Crippen LogP contribution in [0.15, 0.2) is 42.5 Å². The van der Waals surface area contributed by atoms with Crippen molar-refractivity contribution < 1.29 is 19.1 Å². The molecule has 1 aromatic carbocycles. The van der Waals surface area contributed by atoms with Crippen LogP contribution < -0.4 is 5.32 Å². The number of nitrogens with one attached hydrogen (secondary N) is 1. The van der Waals surface area contributed by atoms with Crippen LogP contribution in [0.5, 0.6) is 0 Å². The van der Waals surface area contributed by atoms with E-state index < -0.39 is 11.9 Å². The third kappa shape index (κ3) is 4.10. The molecule has 108 valence electrons. The standard InChI is InChI=1S/C15H13FN2O3/c16-11-6-4-10(5-7-11)8-9-17-14(19)12-2-1-3-13(18-12)15(20)21/h1-7H,8-9H2,(H,17,19)(H,20,21). The zero-order valence-electron chi connectivity index (χ0n) is 11.0. The lowest BCUT2D eigenvalue weighted by molar-refractivity contribution is 0.0690. The number of carboxylic acid groups (broad SMARTS) is 1. The summed E-state index contributed by atoms with van der Waals surface area (Å²) in [6.45, 7) is 0.351. The SMILES string of the molecule is O=C(O)c1cccc(C(=O)NCCc2ccc(F)cc2)n1. The Labute approximate surface area is 120 Å². The first-order valence-electron chi connectivity index (χ1n) is 6.29. The molecule has 0 aliphatic rings. The second-order valence-corrected chi connectivity index (χ2v) is 4.35. The Balaban J connectivity index is 1.91. The molecule has 0 bridgehead atoms. The molecule has 1 aromatic heterocycles. The number of carboxylic acids is 1. The fourth-order valence-electron chi connectivity index (χ4n) is 1.74. The summed E-state index contributed by atoms with van der Waals surface area (Å²) in [5.74, 6) is -1.94. The summed E-state index contributed by atoms with van der Waals surface area (Å²) in [7, 11) is 0. The van der Waals surface area contributed by atoms with E-state index in [4.69, 9.17) is 5.11 Å². The maximum absolute atomic E-state index is 12.7. The van der Waals surface area contributed by atoms with Crippen molar-refractivity contribution in [1.29, 1.82) is 0 Å². The average Bonchev–Trinajstić information content (AvgIpc) is 2.49. The number of hydrogen-bond donors (Lipinski definition) is 2. The van der Waals surface area contributed by atoms with Crippen LogP contribution in [0, 0.1) is 5.82 Å². The maximum Gasteiger partial charge on any atom is 0.354 e. The molecule has 6 heteroatoms. The monoisotopic (exact) mass is 288 g/mol. The number of rotatable bonds is 5. The number of nitrogens with zero attached hydrogens (tertiary/aromatic N) is 1. The maximum atomic E-state index is 12.7. The highest BCUT2D eigenvalue weighted by molar-refractivity contribution is 5.94.